The van der Waals surface area contributed by atoms with Crippen LogP contribution in [0.2, 0.25) is 0 Å². The average Bonchev–Trinajstić information content (AvgIpc) is 3.82. The lowest BCUT2D eigenvalue weighted by atomic mass is 9.79. The number of nitrogens with one attached hydrogen (secondary N) is 2. The molecule has 9 heterocycles. The summed E-state index contributed by atoms with van der Waals surface area (Å²) in [6.45, 7) is 17.6. The predicted molar refractivity (Wildman–Crippen MR) is 317 cm³/mol. The third-order valence-corrected chi connectivity index (χ3v) is 20.5. The van der Waals surface area contributed by atoms with E-state index in [-0.39, 0.29) is 53.8 Å². The molecule has 4 aromatic heterocycles. The zero-order chi connectivity index (χ0) is 56.1. The van der Waals surface area contributed by atoms with Crippen LogP contribution in [-0.4, -0.2) is 140 Å². The largest absolute Gasteiger partial charge is 0.508 e. The number of anilines is 2. The molecule has 2 aliphatic carbocycles. The average molecular weight is 1130 g/mol. The second-order valence-corrected chi connectivity index (χ2v) is 26.5. The van der Waals surface area contributed by atoms with Crippen LogP contribution in [0.3, 0.4) is 0 Å². The number of hydrogen-bond acceptors (Lipinski definition) is 16. The van der Waals surface area contributed by atoms with Crippen molar-refractivity contribution in [3.8, 4) is 33.5 Å². The van der Waals surface area contributed by atoms with Gasteiger partial charge in [0.05, 0.1) is 51.4 Å². The Balaban J connectivity index is 0.582. The van der Waals surface area contributed by atoms with Gasteiger partial charge in [-0.1, -0.05) is 68.4 Å². The highest BCUT2D eigenvalue weighted by atomic mass is 32.1. The van der Waals surface area contributed by atoms with Crippen LogP contribution in [-0.2, 0) is 9.59 Å². The third-order valence-electron chi connectivity index (χ3n) is 19.5. The summed E-state index contributed by atoms with van der Waals surface area (Å²) in [5.41, 5.74) is 9.93. The molecule has 18 heteroatoms. The summed E-state index contributed by atoms with van der Waals surface area (Å²) >= 11 is 1.60. The molecule has 82 heavy (non-hydrogen) atoms. The molecule has 3 unspecified atom stereocenters. The Morgan fingerprint density at radius 3 is 2.44 bits per heavy atom. The van der Waals surface area contributed by atoms with Crippen molar-refractivity contribution in [3.63, 3.8) is 0 Å². The fraction of sp³-hybridized carbons (Fsp3) is 0.516. The summed E-state index contributed by atoms with van der Waals surface area (Å²) in [4.78, 5) is 58.4. The highest BCUT2D eigenvalue weighted by Gasteiger charge is 2.47. The van der Waals surface area contributed by atoms with Crippen molar-refractivity contribution < 1.29 is 29.1 Å². The van der Waals surface area contributed by atoms with E-state index in [0.29, 0.717) is 42.3 Å². The number of ether oxygens (including phenoxy) is 1. The Morgan fingerprint density at radius 1 is 0.927 bits per heavy atom. The number of aryl methyl sites for hydroxylation is 1. The molecule has 2 bridgehead atoms. The Morgan fingerprint density at radius 2 is 1.71 bits per heavy atom. The van der Waals surface area contributed by atoms with E-state index in [0.717, 1.165) is 130 Å². The zero-order valence-corrected chi connectivity index (χ0v) is 48.5. The number of carbonyl (C=O) groups excluding carboxylic acids is 2. The summed E-state index contributed by atoms with van der Waals surface area (Å²) in [5, 5.41) is 36.2. The van der Waals surface area contributed by atoms with Crippen molar-refractivity contribution in [1.29, 1.82) is 0 Å². The number of piperazine rings is 1. The first kappa shape index (κ1) is 53.3. The van der Waals surface area contributed by atoms with Crippen LogP contribution in [0.5, 0.6) is 11.8 Å². The summed E-state index contributed by atoms with van der Waals surface area (Å²) in [7, 11) is 0. The van der Waals surface area contributed by atoms with Gasteiger partial charge in [0.15, 0.2) is 11.6 Å². The second kappa shape index (κ2) is 21.2. The number of pyridine rings is 1. The standard InChI is InChI=1S/C64H75N11O6S/c1-35(2)54(62(79)75-31-47(77)24-51(75)61(78)67-37(4)41-9-11-42(12-10-41)59-38(5)66-34-82-59)52-25-53(71-81-52)73-27-40(28-73)21-39-15-19-72(20-16-39)32-64(17-18-64)33-80-63-69-58-50(60(70-63)74-29-44-13-14-45(30-74)68-44)26-65-57-49-23-46(76)22-43-7-6-8-48(56(43)49)36(3)55(57)58/h6-12,22-23,25-26,34-37,39-40,44-45,47,51,54,68,76-77H,13-21,24,27-33H2,1-5H3,(H,67,78)/t36?,37-,44?,45?,47+,51-,54-/m0/s1. The van der Waals surface area contributed by atoms with Crippen LogP contribution in [0.4, 0.5) is 11.6 Å². The topological polar surface area (TPSA) is 198 Å². The van der Waals surface area contributed by atoms with Crippen molar-refractivity contribution in [1.82, 2.24) is 45.5 Å². The van der Waals surface area contributed by atoms with E-state index in [1.165, 1.54) is 37.7 Å². The van der Waals surface area contributed by atoms with Gasteiger partial charge in [-0.15, -0.1) is 11.3 Å². The van der Waals surface area contributed by atoms with Gasteiger partial charge in [-0.2, -0.15) is 9.97 Å². The number of phenols is 1. The van der Waals surface area contributed by atoms with Gasteiger partial charge in [0.25, 0.3) is 0 Å². The number of thiazole rings is 1. The van der Waals surface area contributed by atoms with E-state index >= 15 is 0 Å². The number of aliphatic hydroxyl groups is 1. The summed E-state index contributed by atoms with van der Waals surface area (Å²) in [6, 6.07) is 20.3. The van der Waals surface area contributed by atoms with E-state index in [1.54, 1.807) is 16.2 Å². The molecule has 0 radical (unpaired) electrons. The molecule has 7 aromatic rings. The SMILES string of the molecule is Cc1ncsc1-c1ccc([C@H](C)NC(=O)[C@@H]2C[C@@H](O)CN2C(=O)[C@H](c2cc(N3CC(CC4CCN(CC5(COc6nc(N7CC8CCC(C7)N8)c7cnc8c(c7n6)C(C)c6cccc7cc(O)cc-8c67)CC5)CC4)C3)no2)C(C)C)cc1. The van der Waals surface area contributed by atoms with Crippen molar-refractivity contribution in [3.05, 3.63) is 101 Å². The lowest BCUT2D eigenvalue weighted by Crippen LogP contribution is -2.51. The van der Waals surface area contributed by atoms with Gasteiger partial charge in [-0.3, -0.25) is 14.6 Å². The number of likely N-dealkylation sites (tertiary alicyclic amines) is 2. The highest BCUT2D eigenvalue weighted by molar-refractivity contribution is 7.13. The molecule has 428 valence electrons. The maximum atomic E-state index is 14.4. The van der Waals surface area contributed by atoms with Crippen molar-refractivity contribution in [2.45, 2.75) is 128 Å². The molecule has 3 aromatic carbocycles. The molecule has 0 spiro atoms. The minimum atomic E-state index is -0.802. The minimum Gasteiger partial charge on any atom is -0.508 e. The normalized spacial score (nSPS) is 24.0. The van der Waals surface area contributed by atoms with Gasteiger partial charge < -0.3 is 49.7 Å². The number of amides is 2. The zero-order valence-electron chi connectivity index (χ0n) is 47.7. The Hall–Kier alpha value is -6.73. The number of phenolic OH excluding ortho intramolecular Hbond substituents is 1. The highest BCUT2D eigenvalue weighted by Crippen LogP contribution is 2.50. The quantitative estimate of drug-likeness (QED) is 0.0713. The molecule has 5 saturated heterocycles. The number of piperidine rings is 1. The van der Waals surface area contributed by atoms with Gasteiger partial charge in [-0.05, 0) is 129 Å². The second-order valence-electron chi connectivity index (χ2n) is 25.7. The minimum absolute atomic E-state index is 0.0343. The first-order chi connectivity index (χ1) is 39.7. The first-order valence-electron chi connectivity index (χ1n) is 30.0. The fourth-order valence-corrected chi connectivity index (χ4v) is 15.6. The van der Waals surface area contributed by atoms with Crippen LogP contribution in [0.15, 0.2) is 76.9 Å². The molecular formula is C64H75N11O6S. The molecular weight excluding hydrogens is 1050 g/mol. The smallest absolute Gasteiger partial charge is 0.318 e. The lowest BCUT2D eigenvalue weighted by Gasteiger charge is -2.42. The van der Waals surface area contributed by atoms with Crippen molar-refractivity contribution in [2.75, 3.05) is 68.8 Å². The monoisotopic (exact) mass is 1130 g/mol. The Labute approximate surface area is 482 Å². The van der Waals surface area contributed by atoms with E-state index in [4.69, 9.17) is 24.2 Å². The number of fused-ring (bicyclic) bond motifs is 6. The maximum Gasteiger partial charge on any atom is 0.318 e. The summed E-state index contributed by atoms with van der Waals surface area (Å²) in [6.07, 6.45) is 9.48. The number of benzene rings is 3. The number of aromatic nitrogens is 5. The number of aromatic hydroxyl groups is 1. The Kier molecular flexibility index (Phi) is 13.8. The van der Waals surface area contributed by atoms with Gasteiger partial charge in [0.1, 0.15) is 23.5 Å². The maximum absolute atomic E-state index is 14.4. The molecule has 14 rings (SSSR count). The number of aliphatic hydroxyl groups excluding tert-OH is 1. The molecule has 7 atom stereocenters. The number of hydrogen-bond donors (Lipinski definition) is 4. The summed E-state index contributed by atoms with van der Waals surface area (Å²) in [5.74, 6) is 2.35. The van der Waals surface area contributed by atoms with Crippen LogP contribution < -0.4 is 25.2 Å². The van der Waals surface area contributed by atoms with Crippen LogP contribution in [0.25, 0.3) is 43.4 Å². The van der Waals surface area contributed by atoms with E-state index in [9.17, 15) is 19.8 Å². The van der Waals surface area contributed by atoms with Crippen LogP contribution in [0.1, 0.15) is 125 Å². The van der Waals surface area contributed by atoms with Crippen molar-refractivity contribution in [2.24, 2.45) is 23.2 Å². The van der Waals surface area contributed by atoms with E-state index in [1.807, 2.05) is 81.9 Å². The Bertz CT molecular complexity index is 3560. The van der Waals surface area contributed by atoms with Crippen LogP contribution in [0, 0.1) is 30.1 Å². The van der Waals surface area contributed by atoms with E-state index < -0.39 is 18.1 Å². The number of carbonyl (C=O) groups is 2. The first-order valence-corrected chi connectivity index (χ1v) is 30.9. The predicted octanol–water partition coefficient (Wildman–Crippen LogP) is 9.35. The molecule has 7 aliphatic rings. The molecule has 4 N–H and O–H groups in total. The number of nitrogens with zero attached hydrogens (tertiary/aromatic N) is 9. The van der Waals surface area contributed by atoms with Gasteiger partial charge in [0.2, 0.25) is 11.8 Å². The fourth-order valence-electron chi connectivity index (χ4n) is 14.8. The third kappa shape index (κ3) is 9.93. The summed E-state index contributed by atoms with van der Waals surface area (Å²) < 4.78 is 12.8. The molecule has 17 nitrogen and oxygen atoms in total. The molecule has 6 fully saturated rings. The van der Waals surface area contributed by atoms with Gasteiger partial charge >= 0.3 is 6.01 Å². The van der Waals surface area contributed by atoms with Gasteiger partial charge in [0, 0.05) is 92.5 Å². The van der Waals surface area contributed by atoms with Gasteiger partial charge in [-0.25, -0.2) is 4.98 Å². The number of rotatable bonds is 16. The molecule has 1 saturated carbocycles. The van der Waals surface area contributed by atoms with Crippen molar-refractivity contribution >= 4 is 56.5 Å². The molecule has 2 amide bonds. The lowest BCUT2D eigenvalue weighted by molar-refractivity contribution is -0.141. The molecule has 5 aliphatic heterocycles. The number of β-amino-alcohol motifs (C(OH)–C–C–N with tert-alkyl or cyclic N) is 1. The van der Waals surface area contributed by atoms with E-state index in [2.05, 4.69) is 60.6 Å². The van der Waals surface area contributed by atoms with Crippen LogP contribution >= 0.6 is 11.3 Å².